The molecule has 0 radical (unpaired) electrons. The predicted molar refractivity (Wildman–Crippen MR) is 106 cm³/mol. The number of benzene rings is 2. The zero-order valence-electron chi connectivity index (χ0n) is 15.2. The number of anilines is 1. The number of carbonyl (C=O) groups is 1. The second-order valence-corrected chi connectivity index (χ2v) is 8.72. The Hall–Kier alpha value is -2.94. The summed E-state index contributed by atoms with van der Waals surface area (Å²) >= 11 is 0. The smallest absolute Gasteiger partial charge is 0.269 e. The number of hydrogen-bond acceptors (Lipinski definition) is 6. The minimum absolute atomic E-state index is 0.0289. The lowest BCUT2D eigenvalue weighted by Crippen LogP contribution is -2.50. The molecule has 8 nitrogen and oxygen atoms in total. The van der Waals surface area contributed by atoms with Crippen LogP contribution in [0.3, 0.4) is 0 Å². The van der Waals surface area contributed by atoms with Gasteiger partial charge in [0.05, 0.1) is 10.7 Å². The van der Waals surface area contributed by atoms with Crippen molar-refractivity contribution in [3.8, 4) is 0 Å². The number of piperazine rings is 1. The van der Waals surface area contributed by atoms with Crippen LogP contribution in [0.2, 0.25) is 0 Å². The van der Waals surface area contributed by atoms with Crippen molar-refractivity contribution < 1.29 is 18.1 Å². The third-order valence-electron chi connectivity index (χ3n) is 4.63. The number of carbonyl (C=O) groups excluding carboxylic acids is 1. The predicted octanol–water partition coefficient (Wildman–Crippen LogP) is 1.86. The first kappa shape index (κ1) is 19.8. The number of nitro benzene ring substituents is 1. The second kappa shape index (κ2) is 8.39. The van der Waals surface area contributed by atoms with Gasteiger partial charge in [-0.25, -0.2) is 8.42 Å². The van der Waals surface area contributed by atoms with Crippen LogP contribution in [0.25, 0.3) is 0 Å². The highest BCUT2D eigenvalue weighted by Gasteiger charge is 2.26. The molecule has 148 valence electrons. The first-order chi connectivity index (χ1) is 13.3. The van der Waals surface area contributed by atoms with E-state index >= 15 is 0 Å². The molecule has 1 aliphatic heterocycles. The van der Waals surface area contributed by atoms with E-state index in [0.29, 0.717) is 31.7 Å². The van der Waals surface area contributed by atoms with E-state index in [1.165, 1.54) is 12.1 Å². The van der Waals surface area contributed by atoms with Crippen molar-refractivity contribution in [3.63, 3.8) is 0 Å². The molecule has 0 spiro atoms. The fraction of sp³-hybridized carbons (Fsp3) is 0.316. The lowest BCUT2D eigenvalue weighted by atomic mass is 10.2. The molecule has 0 saturated carbocycles. The third-order valence-corrected chi connectivity index (χ3v) is 6.09. The largest absolute Gasteiger partial charge is 0.368 e. The van der Waals surface area contributed by atoms with Crippen LogP contribution in [0.4, 0.5) is 11.4 Å². The van der Waals surface area contributed by atoms with E-state index in [1.807, 2.05) is 11.0 Å². The summed E-state index contributed by atoms with van der Waals surface area (Å²) in [6, 6.07) is 15.1. The maximum atomic E-state index is 12.4. The Kier molecular flexibility index (Phi) is 5.93. The highest BCUT2D eigenvalue weighted by molar-refractivity contribution is 7.91. The van der Waals surface area contributed by atoms with Crippen molar-refractivity contribution in [1.82, 2.24) is 4.90 Å². The minimum atomic E-state index is -3.53. The first-order valence-corrected chi connectivity index (χ1v) is 10.7. The van der Waals surface area contributed by atoms with E-state index < -0.39 is 20.5 Å². The summed E-state index contributed by atoms with van der Waals surface area (Å²) in [5, 5.41) is 10.7. The van der Waals surface area contributed by atoms with Crippen molar-refractivity contribution in [1.29, 1.82) is 0 Å². The van der Waals surface area contributed by atoms with Crippen LogP contribution in [-0.4, -0.2) is 56.1 Å². The maximum Gasteiger partial charge on any atom is 0.269 e. The van der Waals surface area contributed by atoms with E-state index in [-0.39, 0.29) is 17.3 Å². The van der Waals surface area contributed by atoms with Gasteiger partial charge in [0.25, 0.3) is 5.69 Å². The van der Waals surface area contributed by atoms with Gasteiger partial charge < -0.3 is 9.80 Å². The fourth-order valence-electron chi connectivity index (χ4n) is 3.16. The molecule has 0 aromatic heterocycles. The number of hydrogen-bond donors (Lipinski definition) is 0. The van der Waals surface area contributed by atoms with Gasteiger partial charge in [0.1, 0.15) is 5.75 Å². The van der Waals surface area contributed by atoms with Crippen LogP contribution < -0.4 is 4.90 Å². The zero-order chi connectivity index (χ0) is 20.1. The fourth-order valence-corrected chi connectivity index (χ4v) is 4.52. The average Bonchev–Trinajstić information content (AvgIpc) is 2.68. The molecule has 2 aromatic carbocycles. The molecule has 1 aliphatic rings. The Morgan fingerprint density at radius 3 is 2.14 bits per heavy atom. The molecule has 3 rings (SSSR count). The first-order valence-electron chi connectivity index (χ1n) is 8.85. The molecular formula is C19H21N3O5S. The quantitative estimate of drug-likeness (QED) is 0.539. The molecule has 0 bridgehead atoms. The van der Waals surface area contributed by atoms with E-state index in [4.69, 9.17) is 0 Å². The summed E-state index contributed by atoms with van der Waals surface area (Å²) in [6.45, 7) is 1.91. The van der Waals surface area contributed by atoms with E-state index in [9.17, 15) is 23.3 Å². The van der Waals surface area contributed by atoms with Crippen molar-refractivity contribution in [2.24, 2.45) is 0 Å². The number of non-ortho nitro benzene ring substituents is 1. The zero-order valence-corrected chi connectivity index (χ0v) is 16.0. The van der Waals surface area contributed by atoms with Crippen molar-refractivity contribution in [2.75, 3.05) is 36.8 Å². The maximum absolute atomic E-state index is 12.4. The summed E-state index contributed by atoms with van der Waals surface area (Å²) in [7, 11) is -3.53. The molecular weight excluding hydrogens is 382 g/mol. The molecule has 1 heterocycles. The van der Waals surface area contributed by atoms with Crippen LogP contribution in [0, 0.1) is 10.1 Å². The van der Waals surface area contributed by atoms with Gasteiger partial charge in [-0.2, -0.15) is 0 Å². The van der Waals surface area contributed by atoms with Gasteiger partial charge >= 0.3 is 0 Å². The van der Waals surface area contributed by atoms with Crippen LogP contribution in [0.1, 0.15) is 5.56 Å². The van der Waals surface area contributed by atoms with Gasteiger partial charge in [0, 0.05) is 44.0 Å². The van der Waals surface area contributed by atoms with Crippen molar-refractivity contribution in [2.45, 2.75) is 5.75 Å². The lowest BCUT2D eigenvalue weighted by molar-refractivity contribution is -0.384. The molecule has 28 heavy (non-hydrogen) atoms. The van der Waals surface area contributed by atoms with Crippen LogP contribution in [-0.2, 0) is 20.4 Å². The molecule has 2 aromatic rings. The highest BCUT2D eigenvalue weighted by atomic mass is 32.2. The highest BCUT2D eigenvalue weighted by Crippen LogP contribution is 2.20. The number of amides is 1. The summed E-state index contributed by atoms with van der Waals surface area (Å²) in [5.74, 6) is -1.04. The number of rotatable bonds is 6. The topological polar surface area (TPSA) is 101 Å². The summed E-state index contributed by atoms with van der Waals surface area (Å²) in [4.78, 5) is 26.3. The van der Waals surface area contributed by atoms with Gasteiger partial charge in [-0.05, 0) is 17.7 Å². The Bertz CT molecular complexity index is 937. The normalized spacial score (nSPS) is 14.7. The van der Waals surface area contributed by atoms with Gasteiger partial charge in [-0.1, -0.05) is 30.3 Å². The minimum Gasteiger partial charge on any atom is -0.368 e. The molecule has 0 aliphatic carbocycles. The lowest BCUT2D eigenvalue weighted by Gasteiger charge is -2.36. The Morgan fingerprint density at radius 2 is 1.57 bits per heavy atom. The standard InChI is InChI=1S/C19H21N3O5S/c23-19(15-28(26,27)14-16-4-2-1-3-5-16)21-12-10-20(11-13-21)17-6-8-18(9-7-17)22(24)25/h1-9H,10-15H2. The van der Waals surface area contributed by atoms with E-state index in [1.54, 1.807) is 41.3 Å². The van der Waals surface area contributed by atoms with Gasteiger partial charge in [0.15, 0.2) is 9.84 Å². The van der Waals surface area contributed by atoms with E-state index in [2.05, 4.69) is 0 Å². The number of nitrogens with zero attached hydrogens (tertiary/aromatic N) is 3. The van der Waals surface area contributed by atoms with Crippen LogP contribution in [0.5, 0.6) is 0 Å². The summed E-state index contributed by atoms with van der Waals surface area (Å²) in [5.41, 5.74) is 1.54. The average molecular weight is 403 g/mol. The molecule has 9 heteroatoms. The molecule has 0 unspecified atom stereocenters. The van der Waals surface area contributed by atoms with Crippen molar-refractivity contribution >= 4 is 27.1 Å². The Morgan fingerprint density at radius 1 is 0.964 bits per heavy atom. The van der Waals surface area contributed by atoms with E-state index in [0.717, 1.165) is 5.69 Å². The van der Waals surface area contributed by atoms with Gasteiger partial charge in [-0.15, -0.1) is 0 Å². The van der Waals surface area contributed by atoms with Crippen LogP contribution >= 0.6 is 0 Å². The Balaban J connectivity index is 1.54. The summed E-state index contributed by atoms with van der Waals surface area (Å²) in [6.07, 6.45) is 0. The third kappa shape index (κ3) is 5.07. The number of sulfone groups is 1. The molecule has 1 fully saturated rings. The van der Waals surface area contributed by atoms with Gasteiger partial charge in [-0.3, -0.25) is 14.9 Å². The van der Waals surface area contributed by atoms with Gasteiger partial charge in [0.2, 0.25) is 5.91 Å². The summed E-state index contributed by atoms with van der Waals surface area (Å²) < 4.78 is 24.6. The molecule has 1 amide bonds. The van der Waals surface area contributed by atoms with Crippen molar-refractivity contribution in [3.05, 3.63) is 70.3 Å². The van der Waals surface area contributed by atoms with Crippen LogP contribution in [0.15, 0.2) is 54.6 Å². The molecule has 1 saturated heterocycles. The molecule has 0 N–H and O–H groups in total. The molecule has 0 atom stereocenters. The Labute approximate surface area is 163 Å². The number of nitro groups is 1. The SMILES string of the molecule is O=C(CS(=O)(=O)Cc1ccccc1)N1CCN(c2ccc([N+](=O)[O-])cc2)CC1. The monoisotopic (exact) mass is 403 g/mol. The second-order valence-electron chi connectivity index (χ2n) is 6.66.